The molecular weight excluding hydrogens is 562 g/mol. The Morgan fingerprint density at radius 3 is 2.71 bits per heavy atom. The van der Waals surface area contributed by atoms with Gasteiger partial charge in [0.25, 0.3) is 5.56 Å². The largest absolute Gasteiger partial charge is 0.490 e. The summed E-state index contributed by atoms with van der Waals surface area (Å²) in [7, 11) is 0. The first kappa shape index (κ1) is 24.7. The molecule has 0 amide bonds. The van der Waals surface area contributed by atoms with Crippen molar-refractivity contribution in [2.24, 2.45) is 5.10 Å². The first-order valence-corrected chi connectivity index (χ1v) is 13.1. The number of hydrogen-bond donors (Lipinski definition) is 0. The van der Waals surface area contributed by atoms with Gasteiger partial charge >= 0.3 is 0 Å². The maximum atomic E-state index is 13.5. The number of nitrogens with zero attached hydrogens (tertiary/aromatic N) is 3. The highest BCUT2D eigenvalue weighted by molar-refractivity contribution is 9.10. The Morgan fingerprint density at radius 2 is 1.97 bits per heavy atom. The van der Waals surface area contributed by atoms with E-state index >= 15 is 0 Å². The molecule has 0 unspecified atom stereocenters. The van der Waals surface area contributed by atoms with Crippen LogP contribution in [0.1, 0.15) is 56.3 Å². The molecule has 1 fully saturated rings. The molecule has 2 aromatic carbocycles. The Hall–Kier alpha value is -2.45. The van der Waals surface area contributed by atoms with Crippen molar-refractivity contribution < 1.29 is 9.47 Å². The number of ether oxygens (including phenoxy) is 2. The molecule has 0 radical (unpaired) electrons. The van der Waals surface area contributed by atoms with Crippen LogP contribution >= 0.6 is 31.9 Å². The molecule has 0 bridgehead atoms. The minimum atomic E-state index is -0.168. The lowest BCUT2D eigenvalue weighted by Gasteiger charge is -2.22. The quantitative estimate of drug-likeness (QED) is 0.214. The summed E-state index contributed by atoms with van der Waals surface area (Å²) in [4.78, 5) is 18.4. The topological polar surface area (TPSA) is 65.7 Å². The van der Waals surface area contributed by atoms with Crippen LogP contribution in [0.2, 0.25) is 0 Å². The van der Waals surface area contributed by atoms with Gasteiger partial charge in [0.2, 0.25) is 0 Å². The summed E-state index contributed by atoms with van der Waals surface area (Å²) in [5.41, 5.74) is 1.31. The molecule has 34 heavy (non-hydrogen) atoms. The number of hydrogen-bond acceptors (Lipinski definition) is 5. The molecule has 1 saturated carbocycles. The Balaban J connectivity index is 1.80. The normalized spacial score (nSPS) is 14.6. The van der Waals surface area contributed by atoms with Gasteiger partial charge in [-0.15, -0.1) is 0 Å². The second-order valence-corrected chi connectivity index (χ2v) is 9.96. The summed E-state index contributed by atoms with van der Waals surface area (Å²) in [6.45, 7) is 6.48. The predicted octanol–water partition coefficient (Wildman–Crippen LogP) is 6.81. The Bertz CT molecular complexity index is 1280. The van der Waals surface area contributed by atoms with Gasteiger partial charge in [0.1, 0.15) is 12.4 Å². The molecule has 0 N–H and O–H groups in total. The second-order valence-electron chi connectivity index (χ2n) is 8.19. The van der Waals surface area contributed by atoms with Gasteiger partial charge in [0, 0.05) is 10.4 Å². The maximum Gasteiger partial charge on any atom is 0.282 e. The van der Waals surface area contributed by atoms with Gasteiger partial charge in [-0.3, -0.25) is 4.79 Å². The average Bonchev–Trinajstić information content (AvgIpc) is 2.84. The van der Waals surface area contributed by atoms with E-state index < -0.39 is 0 Å². The zero-order chi connectivity index (χ0) is 24.1. The number of fused-ring (bicyclic) bond motifs is 1. The molecule has 1 aliphatic rings. The highest BCUT2D eigenvalue weighted by Gasteiger charge is 2.22. The van der Waals surface area contributed by atoms with E-state index in [1.54, 1.807) is 18.4 Å². The van der Waals surface area contributed by atoms with Crippen LogP contribution < -0.4 is 15.0 Å². The lowest BCUT2D eigenvalue weighted by Crippen LogP contribution is -2.25. The van der Waals surface area contributed by atoms with Crippen molar-refractivity contribution in [3.8, 4) is 11.5 Å². The molecule has 4 rings (SSSR count). The standard InChI is InChI=1S/C26H27Br2N3O3/c1-3-12-34-24-21(28)13-17(14-23(24)33-4-2)16-29-31-25(18-8-6-5-7-9-18)30-22-11-10-19(27)15-20(22)26(31)32/h3,10-11,13-16,18H,1,4-9,12H2,2H3. The Kier molecular flexibility index (Phi) is 8.21. The summed E-state index contributed by atoms with van der Waals surface area (Å²) in [6, 6.07) is 9.34. The zero-order valence-corrected chi connectivity index (χ0v) is 22.3. The van der Waals surface area contributed by atoms with E-state index in [-0.39, 0.29) is 11.5 Å². The maximum absolute atomic E-state index is 13.5. The van der Waals surface area contributed by atoms with Crippen molar-refractivity contribution in [3.05, 3.63) is 73.7 Å². The molecule has 8 heteroatoms. The fourth-order valence-electron chi connectivity index (χ4n) is 4.23. The third-order valence-electron chi connectivity index (χ3n) is 5.80. The van der Waals surface area contributed by atoms with Crippen LogP contribution in [0.15, 0.2) is 61.8 Å². The Labute approximate surface area is 215 Å². The Morgan fingerprint density at radius 1 is 1.18 bits per heavy atom. The van der Waals surface area contributed by atoms with Gasteiger partial charge in [-0.05, 0) is 71.6 Å². The predicted molar refractivity (Wildman–Crippen MR) is 144 cm³/mol. The van der Waals surface area contributed by atoms with Crippen LogP contribution in [0.25, 0.3) is 10.9 Å². The lowest BCUT2D eigenvalue weighted by atomic mass is 9.88. The highest BCUT2D eigenvalue weighted by atomic mass is 79.9. The van der Waals surface area contributed by atoms with Gasteiger partial charge in [0.05, 0.1) is 28.2 Å². The number of halogens is 2. The molecule has 178 valence electrons. The van der Waals surface area contributed by atoms with Gasteiger partial charge in [-0.1, -0.05) is 47.8 Å². The van der Waals surface area contributed by atoms with Crippen molar-refractivity contribution in [2.45, 2.75) is 44.9 Å². The first-order chi connectivity index (χ1) is 16.5. The minimum absolute atomic E-state index is 0.168. The van der Waals surface area contributed by atoms with E-state index in [9.17, 15) is 4.79 Å². The van der Waals surface area contributed by atoms with Gasteiger partial charge in [0.15, 0.2) is 11.5 Å². The fraction of sp³-hybridized carbons (Fsp3) is 0.346. The molecule has 6 nitrogen and oxygen atoms in total. The first-order valence-electron chi connectivity index (χ1n) is 11.5. The van der Waals surface area contributed by atoms with E-state index in [0.717, 1.165) is 46.0 Å². The molecule has 1 heterocycles. The van der Waals surface area contributed by atoms with Crippen LogP contribution in [0.5, 0.6) is 11.5 Å². The SMILES string of the molecule is C=CCOc1c(Br)cc(C=Nn2c(C3CCCCC3)nc3ccc(Br)cc3c2=O)cc1OCC. The average molecular weight is 589 g/mol. The van der Waals surface area contributed by atoms with Gasteiger partial charge < -0.3 is 9.47 Å². The highest BCUT2D eigenvalue weighted by Crippen LogP contribution is 2.37. The monoisotopic (exact) mass is 587 g/mol. The van der Waals surface area contributed by atoms with Gasteiger partial charge in [-0.2, -0.15) is 9.78 Å². The van der Waals surface area contributed by atoms with Crippen LogP contribution in [-0.4, -0.2) is 29.1 Å². The molecule has 0 atom stereocenters. The third kappa shape index (κ3) is 5.44. The summed E-state index contributed by atoms with van der Waals surface area (Å²) >= 11 is 7.04. The van der Waals surface area contributed by atoms with Crippen molar-refractivity contribution in [1.82, 2.24) is 9.66 Å². The van der Waals surface area contributed by atoms with Crippen molar-refractivity contribution in [3.63, 3.8) is 0 Å². The molecule has 1 aromatic heterocycles. The summed E-state index contributed by atoms with van der Waals surface area (Å²) in [5, 5.41) is 5.17. The van der Waals surface area contributed by atoms with E-state index in [1.807, 2.05) is 31.2 Å². The molecule has 1 aliphatic carbocycles. The fourth-order valence-corrected chi connectivity index (χ4v) is 5.17. The second kappa shape index (κ2) is 11.3. The zero-order valence-electron chi connectivity index (χ0n) is 19.1. The van der Waals surface area contributed by atoms with Crippen molar-refractivity contribution in [1.29, 1.82) is 0 Å². The molecular formula is C26H27Br2N3O3. The summed E-state index contributed by atoms with van der Waals surface area (Å²) in [5.74, 6) is 2.15. The van der Waals surface area contributed by atoms with Crippen LogP contribution in [0.3, 0.4) is 0 Å². The lowest BCUT2D eigenvalue weighted by molar-refractivity contribution is 0.295. The summed E-state index contributed by atoms with van der Waals surface area (Å²) in [6.07, 6.45) is 8.88. The van der Waals surface area contributed by atoms with E-state index in [2.05, 4.69) is 43.5 Å². The minimum Gasteiger partial charge on any atom is -0.490 e. The van der Waals surface area contributed by atoms with Crippen molar-refractivity contribution >= 4 is 49.0 Å². The molecule has 0 saturated heterocycles. The van der Waals surface area contributed by atoms with Crippen LogP contribution in [-0.2, 0) is 0 Å². The van der Waals surface area contributed by atoms with E-state index in [4.69, 9.17) is 14.5 Å². The molecule has 3 aromatic rings. The van der Waals surface area contributed by atoms with Gasteiger partial charge in [-0.25, -0.2) is 4.98 Å². The number of rotatable bonds is 8. The van der Waals surface area contributed by atoms with Crippen molar-refractivity contribution in [2.75, 3.05) is 13.2 Å². The van der Waals surface area contributed by atoms with Crippen LogP contribution in [0.4, 0.5) is 0 Å². The summed E-state index contributed by atoms with van der Waals surface area (Å²) < 4.78 is 14.6. The number of aromatic nitrogens is 2. The smallest absolute Gasteiger partial charge is 0.282 e. The van der Waals surface area contributed by atoms with Crippen LogP contribution in [0, 0.1) is 0 Å². The number of benzene rings is 2. The molecule has 0 spiro atoms. The van der Waals surface area contributed by atoms with E-state index in [1.165, 1.54) is 11.1 Å². The van der Waals surface area contributed by atoms with E-state index in [0.29, 0.717) is 35.6 Å². The molecule has 0 aliphatic heterocycles. The third-order valence-corrected chi connectivity index (χ3v) is 6.89.